The third-order valence-electron chi connectivity index (χ3n) is 4.41. The van der Waals surface area contributed by atoms with E-state index in [4.69, 9.17) is 20.3 Å². The maximum absolute atomic E-state index is 12.3. The van der Waals surface area contributed by atoms with Gasteiger partial charge in [0.1, 0.15) is 0 Å². The Morgan fingerprint density at radius 2 is 1.56 bits per heavy atom. The van der Waals surface area contributed by atoms with Crippen molar-refractivity contribution in [3.05, 3.63) is 29.8 Å². The number of nitrogens with two attached hydrogens (primary N) is 1. The molecule has 0 saturated carbocycles. The Balaban J connectivity index is 1.86. The van der Waals surface area contributed by atoms with Crippen molar-refractivity contribution in [2.24, 2.45) is 5.73 Å². The third kappa shape index (κ3) is 10.7. The molecular formula is C22H36N8O4. The number of nitrogens with zero attached hydrogens (tertiary/aromatic N) is 3. The van der Waals surface area contributed by atoms with Crippen LogP contribution in [0, 0.1) is 0 Å². The summed E-state index contributed by atoms with van der Waals surface area (Å²) >= 11 is 0. The molecule has 0 radical (unpaired) electrons. The average Bonchev–Trinajstić information content (AvgIpc) is 2.85. The van der Waals surface area contributed by atoms with E-state index in [1.807, 2.05) is 0 Å². The second kappa shape index (κ2) is 16.5. The van der Waals surface area contributed by atoms with Gasteiger partial charge in [0.15, 0.2) is 0 Å². The fourth-order valence-corrected chi connectivity index (χ4v) is 2.71. The average molecular weight is 477 g/mol. The number of carbonyl (C=O) groups is 1. The van der Waals surface area contributed by atoms with E-state index in [1.54, 1.807) is 24.3 Å². The predicted octanol–water partition coefficient (Wildman–Crippen LogP) is 0.953. The van der Waals surface area contributed by atoms with E-state index in [9.17, 15) is 4.79 Å². The highest BCUT2D eigenvalue weighted by Crippen LogP contribution is 2.17. The normalized spacial score (nSPS) is 10.7. The van der Waals surface area contributed by atoms with Crippen LogP contribution in [0.3, 0.4) is 0 Å². The number of carbonyl (C=O) groups excluding carboxylic acids is 1. The van der Waals surface area contributed by atoms with Crippen molar-refractivity contribution in [2.75, 3.05) is 75.2 Å². The summed E-state index contributed by atoms with van der Waals surface area (Å²) < 4.78 is 10.6. The quantitative estimate of drug-likeness (QED) is 0.169. The fourth-order valence-electron chi connectivity index (χ4n) is 2.71. The summed E-state index contributed by atoms with van der Waals surface area (Å²) in [5.74, 6) is 0.956. The van der Waals surface area contributed by atoms with Crippen LogP contribution in [0.25, 0.3) is 0 Å². The van der Waals surface area contributed by atoms with Gasteiger partial charge in [0.2, 0.25) is 17.8 Å². The van der Waals surface area contributed by atoms with Crippen molar-refractivity contribution in [3.8, 4) is 0 Å². The number of aliphatic hydroxyl groups is 1. The molecule has 0 fully saturated rings. The highest BCUT2D eigenvalue weighted by molar-refractivity contribution is 5.94. The van der Waals surface area contributed by atoms with Crippen molar-refractivity contribution in [3.63, 3.8) is 0 Å². The van der Waals surface area contributed by atoms with E-state index in [1.165, 1.54) is 0 Å². The first-order valence-corrected chi connectivity index (χ1v) is 11.5. The molecule has 1 amide bonds. The lowest BCUT2D eigenvalue weighted by molar-refractivity contribution is 0.0511. The first-order chi connectivity index (χ1) is 16.7. The lowest BCUT2D eigenvalue weighted by atomic mass is 10.2. The van der Waals surface area contributed by atoms with E-state index in [0.29, 0.717) is 69.5 Å². The van der Waals surface area contributed by atoms with Gasteiger partial charge < -0.3 is 41.6 Å². The first-order valence-electron chi connectivity index (χ1n) is 11.5. The summed E-state index contributed by atoms with van der Waals surface area (Å²) in [7, 11) is 0. The highest BCUT2D eigenvalue weighted by atomic mass is 16.5. The molecule has 0 saturated heterocycles. The lowest BCUT2D eigenvalue weighted by Gasteiger charge is -2.11. The summed E-state index contributed by atoms with van der Waals surface area (Å²) in [5.41, 5.74) is 6.58. The molecule has 1 heterocycles. The number of hydrogen-bond donors (Lipinski definition) is 6. The van der Waals surface area contributed by atoms with Gasteiger partial charge >= 0.3 is 0 Å². The largest absolute Gasteiger partial charge is 0.395 e. The van der Waals surface area contributed by atoms with Crippen LogP contribution in [0.5, 0.6) is 0 Å². The Morgan fingerprint density at radius 3 is 2.21 bits per heavy atom. The van der Waals surface area contributed by atoms with Crippen LogP contribution < -0.4 is 27.0 Å². The lowest BCUT2D eigenvalue weighted by Crippen LogP contribution is -2.27. The van der Waals surface area contributed by atoms with Gasteiger partial charge in [-0.25, -0.2) is 0 Å². The molecule has 0 aliphatic heterocycles. The van der Waals surface area contributed by atoms with Gasteiger partial charge in [0.05, 0.1) is 33.0 Å². The zero-order chi connectivity index (χ0) is 24.4. The topological polar surface area (TPSA) is 169 Å². The van der Waals surface area contributed by atoms with E-state index in [0.717, 1.165) is 25.1 Å². The van der Waals surface area contributed by atoms with E-state index < -0.39 is 0 Å². The summed E-state index contributed by atoms with van der Waals surface area (Å²) in [6.07, 6.45) is 2.04. The second-order valence-electron chi connectivity index (χ2n) is 7.21. The summed E-state index contributed by atoms with van der Waals surface area (Å²) in [5, 5.41) is 21.1. The Hall–Kier alpha value is -3.06. The van der Waals surface area contributed by atoms with Gasteiger partial charge in [-0.15, -0.1) is 0 Å². The molecule has 0 aliphatic carbocycles. The molecule has 2 aromatic rings. The molecule has 0 unspecified atom stereocenters. The molecule has 0 bridgehead atoms. The van der Waals surface area contributed by atoms with Gasteiger partial charge in [-0.3, -0.25) is 4.79 Å². The smallest absolute Gasteiger partial charge is 0.251 e. The molecule has 12 nitrogen and oxygen atoms in total. The Bertz CT molecular complexity index is 838. The summed E-state index contributed by atoms with van der Waals surface area (Å²) in [4.78, 5) is 25.3. The van der Waals surface area contributed by atoms with E-state index in [2.05, 4.69) is 43.1 Å². The number of ether oxygens (including phenoxy) is 2. The number of anilines is 4. The van der Waals surface area contributed by atoms with E-state index >= 15 is 0 Å². The second-order valence-corrected chi connectivity index (χ2v) is 7.21. The van der Waals surface area contributed by atoms with Gasteiger partial charge in [-0.05, 0) is 30.7 Å². The molecule has 1 aromatic heterocycles. The monoisotopic (exact) mass is 476 g/mol. The minimum Gasteiger partial charge on any atom is -0.395 e. The fraction of sp³-hybridized carbons (Fsp3) is 0.545. The molecule has 0 aliphatic rings. The molecule has 0 spiro atoms. The predicted molar refractivity (Wildman–Crippen MR) is 132 cm³/mol. The number of amides is 1. The molecule has 2 rings (SSSR count). The summed E-state index contributed by atoms with van der Waals surface area (Å²) in [6, 6.07) is 6.97. The minimum atomic E-state index is -0.187. The molecular weight excluding hydrogens is 440 g/mol. The van der Waals surface area contributed by atoms with Crippen molar-refractivity contribution in [2.45, 2.75) is 19.8 Å². The van der Waals surface area contributed by atoms with Crippen molar-refractivity contribution >= 4 is 29.4 Å². The molecule has 34 heavy (non-hydrogen) atoms. The number of unbranched alkanes of at least 4 members (excludes halogenated alkanes) is 1. The van der Waals surface area contributed by atoms with Crippen LogP contribution >= 0.6 is 0 Å². The third-order valence-corrected chi connectivity index (χ3v) is 4.41. The number of rotatable bonds is 18. The molecule has 7 N–H and O–H groups in total. The molecule has 188 valence electrons. The number of aromatic nitrogens is 3. The number of benzene rings is 1. The van der Waals surface area contributed by atoms with Crippen molar-refractivity contribution in [1.29, 1.82) is 0 Å². The van der Waals surface area contributed by atoms with Gasteiger partial charge in [0.25, 0.3) is 5.91 Å². The standard InChI is InChI=1S/C22H36N8O4/c1-2-3-9-25-20-28-21(26-10-12-31)30-22(29-20)27-18-6-4-17(5-7-18)19(32)24-11-14-34-16-15-33-13-8-23/h4-7,31H,2-3,8-16,23H2,1H3,(H,24,32)(H3,25,26,27,28,29,30). The zero-order valence-electron chi connectivity index (χ0n) is 19.7. The molecule has 1 aromatic carbocycles. The Morgan fingerprint density at radius 1 is 0.912 bits per heavy atom. The maximum atomic E-state index is 12.3. The Labute approximate surface area is 200 Å². The van der Waals surface area contributed by atoms with Crippen LogP contribution in [0.2, 0.25) is 0 Å². The van der Waals surface area contributed by atoms with Gasteiger partial charge in [0, 0.05) is 37.4 Å². The number of aliphatic hydroxyl groups excluding tert-OH is 1. The highest BCUT2D eigenvalue weighted by Gasteiger charge is 2.08. The van der Waals surface area contributed by atoms with Gasteiger partial charge in [-0.2, -0.15) is 15.0 Å². The van der Waals surface area contributed by atoms with Crippen molar-refractivity contribution < 1.29 is 19.4 Å². The first kappa shape index (κ1) is 27.2. The molecule has 12 heteroatoms. The maximum Gasteiger partial charge on any atom is 0.251 e. The SMILES string of the molecule is CCCCNc1nc(NCCO)nc(Nc2ccc(C(=O)NCCOCCOCCN)cc2)n1. The van der Waals surface area contributed by atoms with Gasteiger partial charge in [-0.1, -0.05) is 13.3 Å². The minimum absolute atomic E-state index is 0.0358. The van der Waals surface area contributed by atoms with Crippen molar-refractivity contribution in [1.82, 2.24) is 20.3 Å². The van der Waals surface area contributed by atoms with E-state index in [-0.39, 0.29) is 12.5 Å². The van der Waals surface area contributed by atoms with Crippen LogP contribution in [-0.4, -0.2) is 85.2 Å². The van der Waals surface area contributed by atoms with Crippen LogP contribution in [0.4, 0.5) is 23.5 Å². The van der Waals surface area contributed by atoms with Crippen LogP contribution in [0.1, 0.15) is 30.1 Å². The zero-order valence-corrected chi connectivity index (χ0v) is 19.7. The van der Waals surface area contributed by atoms with Crippen LogP contribution in [0.15, 0.2) is 24.3 Å². The number of hydrogen-bond acceptors (Lipinski definition) is 11. The van der Waals surface area contributed by atoms with Crippen LogP contribution in [-0.2, 0) is 9.47 Å². The summed E-state index contributed by atoms with van der Waals surface area (Å²) in [6.45, 7) is 5.89. The molecule has 0 atom stereocenters. The number of nitrogens with one attached hydrogen (secondary N) is 4. The Kier molecular flexibility index (Phi) is 13.2.